The van der Waals surface area contributed by atoms with Gasteiger partial charge in [-0.25, -0.2) is 4.98 Å². The normalized spacial score (nSPS) is 22.4. The molecule has 4 heteroatoms. The SMILES string of the molecule is CC1CCCCN1C(=O)c1cscn1. The molecule has 1 atom stereocenters. The second kappa shape index (κ2) is 4.09. The van der Waals surface area contributed by atoms with Gasteiger partial charge in [-0.15, -0.1) is 11.3 Å². The Kier molecular flexibility index (Phi) is 2.82. The summed E-state index contributed by atoms with van der Waals surface area (Å²) in [6.07, 6.45) is 3.48. The number of hydrogen-bond acceptors (Lipinski definition) is 3. The van der Waals surface area contributed by atoms with Crippen molar-refractivity contribution >= 4 is 17.2 Å². The van der Waals surface area contributed by atoms with Crippen LogP contribution in [0, 0.1) is 0 Å². The van der Waals surface area contributed by atoms with Crippen LogP contribution in [0.5, 0.6) is 0 Å². The number of carbonyl (C=O) groups is 1. The molecule has 1 aromatic rings. The van der Waals surface area contributed by atoms with Gasteiger partial charge in [0.2, 0.25) is 0 Å². The number of piperidine rings is 1. The summed E-state index contributed by atoms with van der Waals surface area (Å²) < 4.78 is 0. The van der Waals surface area contributed by atoms with E-state index >= 15 is 0 Å². The lowest BCUT2D eigenvalue weighted by Gasteiger charge is -2.32. The highest BCUT2D eigenvalue weighted by molar-refractivity contribution is 7.07. The van der Waals surface area contributed by atoms with E-state index < -0.39 is 0 Å². The molecule has 1 saturated heterocycles. The molecule has 0 radical (unpaired) electrons. The van der Waals surface area contributed by atoms with E-state index in [2.05, 4.69) is 11.9 Å². The Labute approximate surface area is 87.8 Å². The lowest BCUT2D eigenvalue weighted by atomic mass is 10.0. The minimum Gasteiger partial charge on any atom is -0.335 e. The van der Waals surface area contributed by atoms with Crippen molar-refractivity contribution in [3.05, 3.63) is 16.6 Å². The molecular formula is C10H14N2OS. The summed E-state index contributed by atoms with van der Waals surface area (Å²) in [7, 11) is 0. The largest absolute Gasteiger partial charge is 0.335 e. The third-order valence-electron chi connectivity index (χ3n) is 2.72. The quantitative estimate of drug-likeness (QED) is 0.711. The van der Waals surface area contributed by atoms with Gasteiger partial charge in [0, 0.05) is 18.0 Å². The lowest BCUT2D eigenvalue weighted by Crippen LogP contribution is -2.42. The van der Waals surface area contributed by atoms with Crippen molar-refractivity contribution in [3.63, 3.8) is 0 Å². The fraction of sp³-hybridized carbons (Fsp3) is 0.600. The smallest absolute Gasteiger partial charge is 0.273 e. The highest BCUT2D eigenvalue weighted by Crippen LogP contribution is 2.18. The highest BCUT2D eigenvalue weighted by atomic mass is 32.1. The van der Waals surface area contributed by atoms with Gasteiger partial charge in [-0.3, -0.25) is 4.79 Å². The molecular weight excluding hydrogens is 196 g/mol. The van der Waals surface area contributed by atoms with Crippen LogP contribution >= 0.6 is 11.3 Å². The molecule has 0 N–H and O–H groups in total. The third kappa shape index (κ3) is 1.80. The maximum absolute atomic E-state index is 11.9. The summed E-state index contributed by atoms with van der Waals surface area (Å²) in [5.41, 5.74) is 2.31. The summed E-state index contributed by atoms with van der Waals surface area (Å²) in [5, 5.41) is 1.82. The van der Waals surface area contributed by atoms with E-state index in [0.717, 1.165) is 19.4 Å². The average Bonchev–Trinajstić information content (AvgIpc) is 2.70. The first kappa shape index (κ1) is 9.65. The zero-order chi connectivity index (χ0) is 9.97. The molecule has 0 spiro atoms. The molecule has 0 aromatic carbocycles. The van der Waals surface area contributed by atoms with E-state index in [-0.39, 0.29) is 5.91 Å². The van der Waals surface area contributed by atoms with Crippen LogP contribution in [0.2, 0.25) is 0 Å². The molecule has 76 valence electrons. The van der Waals surface area contributed by atoms with Gasteiger partial charge in [0.25, 0.3) is 5.91 Å². The van der Waals surface area contributed by atoms with Crippen LogP contribution in [0.4, 0.5) is 0 Å². The predicted octanol–water partition coefficient (Wildman–Crippen LogP) is 2.16. The Hall–Kier alpha value is -0.900. The molecule has 2 heterocycles. The molecule has 0 saturated carbocycles. The molecule has 1 aliphatic heterocycles. The number of rotatable bonds is 1. The van der Waals surface area contributed by atoms with Gasteiger partial charge < -0.3 is 4.90 Å². The Morgan fingerprint density at radius 3 is 3.14 bits per heavy atom. The number of carbonyl (C=O) groups excluding carboxylic acids is 1. The van der Waals surface area contributed by atoms with Crippen molar-refractivity contribution < 1.29 is 4.79 Å². The molecule has 0 aliphatic carbocycles. The van der Waals surface area contributed by atoms with Gasteiger partial charge in [0.1, 0.15) is 5.69 Å². The minimum atomic E-state index is 0.0958. The topological polar surface area (TPSA) is 33.2 Å². The van der Waals surface area contributed by atoms with Crippen LogP contribution in [0.25, 0.3) is 0 Å². The van der Waals surface area contributed by atoms with Crippen molar-refractivity contribution in [3.8, 4) is 0 Å². The van der Waals surface area contributed by atoms with Gasteiger partial charge in [-0.05, 0) is 26.2 Å². The third-order valence-corrected chi connectivity index (χ3v) is 3.30. The number of thiazole rings is 1. The molecule has 0 bridgehead atoms. The molecule has 1 fully saturated rings. The van der Waals surface area contributed by atoms with Gasteiger partial charge >= 0.3 is 0 Å². The first-order valence-corrected chi connectivity index (χ1v) is 5.92. The van der Waals surface area contributed by atoms with Crippen molar-refractivity contribution in [1.29, 1.82) is 0 Å². The van der Waals surface area contributed by atoms with Gasteiger partial charge in [-0.2, -0.15) is 0 Å². The van der Waals surface area contributed by atoms with Crippen LogP contribution in [0.3, 0.4) is 0 Å². The second-order valence-corrected chi connectivity index (χ2v) is 4.44. The fourth-order valence-corrected chi connectivity index (χ4v) is 2.39. The Morgan fingerprint density at radius 2 is 2.50 bits per heavy atom. The van der Waals surface area contributed by atoms with Gasteiger partial charge in [-0.1, -0.05) is 0 Å². The number of likely N-dealkylation sites (tertiary alicyclic amines) is 1. The van der Waals surface area contributed by atoms with E-state index in [1.165, 1.54) is 17.8 Å². The van der Waals surface area contributed by atoms with Gasteiger partial charge in [0.05, 0.1) is 5.51 Å². The summed E-state index contributed by atoms with van der Waals surface area (Å²) >= 11 is 1.47. The molecule has 3 nitrogen and oxygen atoms in total. The van der Waals surface area contributed by atoms with Crippen LogP contribution in [-0.4, -0.2) is 28.4 Å². The molecule has 14 heavy (non-hydrogen) atoms. The van der Waals surface area contributed by atoms with Crippen LogP contribution < -0.4 is 0 Å². The number of nitrogens with zero attached hydrogens (tertiary/aromatic N) is 2. The zero-order valence-electron chi connectivity index (χ0n) is 8.27. The predicted molar refractivity (Wildman–Crippen MR) is 56.5 cm³/mol. The number of amides is 1. The number of hydrogen-bond donors (Lipinski definition) is 0. The highest BCUT2D eigenvalue weighted by Gasteiger charge is 2.24. The lowest BCUT2D eigenvalue weighted by molar-refractivity contribution is 0.0630. The van der Waals surface area contributed by atoms with E-state index in [0.29, 0.717) is 11.7 Å². The fourth-order valence-electron chi connectivity index (χ4n) is 1.87. The van der Waals surface area contributed by atoms with E-state index in [4.69, 9.17) is 0 Å². The molecule has 1 aromatic heterocycles. The Morgan fingerprint density at radius 1 is 1.64 bits per heavy atom. The van der Waals surface area contributed by atoms with Crippen LogP contribution in [0.15, 0.2) is 10.9 Å². The maximum atomic E-state index is 11.9. The minimum absolute atomic E-state index is 0.0958. The van der Waals surface area contributed by atoms with Crippen molar-refractivity contribution in [2.24, 2.45) is 0 Å². The molecule has 1 amide bonds. The summed E-state index contributed by atoms with van der Waals surface area (Å²) in [6.45, 7) is 3.00. The Balaban J connectivity index is 2.10. The van der Waals surface area contributed by atoms with Crippen molar-refractivity contribution in [2.45, 2.75) is 32.2 Å². The first-order chi connectivity index (χ1) is 6.79. The van der Waals surface area contributed by atoms with E-state index in [1.807, 2.05) is 10.3 Å². The monoisotopic (exact) mass is 210 g/mol. The molecule has 1 aliphatic rings. The average molecular weight is 210 g/mol. The zero-order valence-corrected chi connectivity index (χ0v) is 9.09. The standard InChI is InChI=1S/C10H14N2OS/c1-8-4-2-3-5-12(8)10(13)9-6-14-7-11-9/h6-8H,2-5H2,1H3. The van der Waals surface area contributed by atoms with Crippen LogP contribution in [-0.2, 0) is 0 Å². The first-order valence-electron chi connectivity index (χ1n) is 4.98. The van der Waals surface area contributed by atoms with Gasteiger partial charge in [0.15, 0.2) is 0 Å². The molecule has 2 rings (SSSR count). The second-order valence-electron chi connectivity index (χ2n) is 3.72. The molecule has 1 unspecified atom stereocenters. The summed E-state index contributed by atoms with van der Waals surface area (Å²) in [5.74, 6) is 0.0958. The Bertz CT molecular complexity index is 310. The van der Waals surface area contributed by atoms with Crippen LogP contribution in [0.1, 0.15) is 36.7 Å². The number of aromatic nitrogens is 1. The summed E-state index contributed by atoms with van der Waals surface area (Å²) in [4.78, 5) is 17.9. The maximum Gasteiger partial charge on any atom is 0.273 e. The van der Waals surface area contributed by atoms with E-state index in [9.17, 15) is 4.79 Å². The van der Waals surface area contributed by atoms with Crippen molar-refractivity contribution in [1.82, 2.24) is 9.88 Å². The van der Waals surface area contributed by atoms with Crippen molar-refractivity contribution in [2.75, 3.05) is 6.54 Å². The summed E-state index contributed by atoms with van der Waals surface area (Å²) in [6, 6.07) is 0.373. The van der Waals surface area contributed by atoms with E-state index in [1.54, 1.807) is 5.51 Å².